The normalized spacial score (nSPS) is 11.6. The van der Waals surface area contributed by atoms with Crippen LogP contribution in [0.5, 0.6) is 17.2 Å². The molecule has 0 aliphatic carbocycles. The van der Waals surface area contributed by atoms with Crippen molar-refractivity contribution in [2.24, 2.45) is 0 Å². The van der Waals surface area contributed by atoms with Crippen LogP contribution in [0.15, 0.2) is 53.6 Å². The van der Waals surface area contributed by atoms with Crippen molar-refractivity contribution in [3.8, 4) is 17.2 Å². The Hall–Kier alpha value is -4.38. The van der Waals surface area contributed by atoms with Crippen molar-refractivity contribution in [1.82, 2.24) is 9.55 Å². The lowest BCUT2D eigenvalue weighted by Crippen LogP contribution is -2.32. The fourth-order valence-corrected chi connectivity index (χ4v) is 4.87. The van der Waals surface area contributed by atoms with E-state index in [2.05, 4.69) is 15.6 Å². The molecule has 4 aromatic rings. The van der Waals surface area contributed by atoms with E-state index >= 15 is 0 Å². The molecular weight excluding hydrogens is 496 g/mol. The molecule has 1 atom stereocenters. The van der Waals surface area contributed by atoms with Crippen LogP contribution in [-0.4, -0.2) is 42.7 Å². The van der Waals surface area contributed by atoms with Crippen molar-refractivity contribution in [2.75, 3.05) is 32.0 Å². The third kappa shape index (κ3) is 4.98. The van der Waals surface area contributed by atoms with Gasteiger partial charge in [-0.05, 0) is 43.7 Å². The fourth-order valence-electron chi connectivity index (χ4n) is 3.83. The van der Waals surface area contributed by atoms with E-state index in [0.717, 1.165) is 11.3 Å². The van der Waals surface area contributed by atoms with Gasteiger partial charge in [0.2, 0.25) is 5.91 Å². The van der Waals surface area contributed by atoms with Gasteiger partial charge in [-0.2, -0.15) is 0 Å². The van der Waals surface area contributed by atoms with Gasteiger partial charge >= 0.3 is 0 Å². The molecule has 37 heavy (non-hydrogen) atoms. The first kappa shape index (κ1) is 25.7. The van der Waals surface area contributed by atoms with Crippen molar-refractivity contribution >= 4 is 44.7 Å². The molecule has 2 aromatic heterocycles. The lowest BCUT2D eigenvalue weighted by molar-refractivity contribution is -0.118. The SMILES string of the molecule is COc1ccc(OC)c(NC(=O)C(C)n2cnc3sc(C(=O)Nc4ccccc4OC)c(C)c3c2=O)c1. The molecule has 11 heteroatoms. The lowest BCUT2D eigenvalue weighted by Gasteiger charge is -2.17. The molecule has 0 saturated carbocycles. The van der Waals surface area contributed by atoms with Crippen LogP contribution in [0.4, 0.5) is 11.4 Å². The van der Waals surface area contributed by atoms with E-state index in [0.29, 0.717) is 43.9 Å². The van der Waals surface area contributed by atoms with Gasteiger partial charge < -0.3 is 24.8 Å². The molecule has 0 fully saturated rings. The zero-order valence-corrected chi connectivity index (χ0v) is 21.8. The first-order valence-electron chi connectivity index (χ1n) is 11.3. The molecule has 192 valence electrons. The minimum Gasteiger partial charge on any atom is -0.497 e. The Kier molecular flexibility index (Phi) is 7.44. The summed E-state index contributed by atoms with van der Waals surface area (Å²) in [6.07, 6.45) is 1.32. The van der Waals surface area contributed by atoms with Gasteiger partial charge in [-0.25, -0.2) is 4.98 Å². The number of carbonyl (C=O) groups excluding carboxylic acids is 2. The average molecular weight is 523 g/mol. The molecule has 4 rings (SSSR count). The number of amides is 2. The number of methoxy groups -OCH3 is 3. The van der Waals surface area contributed by atoms with Gasteiger partial charge in [0.25, 0.3) is 11.5 Å². The molecule has 2 aromatic carbocycles. The number of carbonyl (C=O) groups is 2. The predicted octanol–water partition coefficient (Wildman–Crippen LogP) is 4.24. The standard InChI is InChI=1S/C26H26N4O6S/c1-14-21-25(37-22(14)24(32)28-17-8-6-7-9-19(17)35-4)27-13-30(26(21)33)15(2)23(31)29-18-12-16(34-3)10-11-20(18)36-5/h6-13,15H,1-5H3,(H,28,32)(H,29,31). The van der Waals surface area contributed by atoms with E-state index in [1.54, 1.807) is 56.3 Å². The number of para-hydroxylation sites is 2. The number of ether oxygens (including phenoxy) is 3. The van der Waals surface area contributed by atoms with Crippen LogP contribution >= 0.6 is 11.3 Å². The van der Waals surface area contributed by atoms with E-state index < -0.39 is 17.5 Å². The summed E-state index contributed by atoms with van der Waals surface area (Å²) in [5, 5.41) is 5.89. The summed E-state index contributed by atoms with van der Waals surface area (Å²) in [5.74, 6) is 0.671. The number of hydrogen-bond acceptors (Lipinski definition) is 8. The van der Waals surface area contributed by atoms with E-state index in [1.807, 2.05) is 0 Å². The molecule has 0 radical (unpaired) electrons. The fraction of sp³-hybridized carbons (Fsp3) is 0.231. The van der Waals surface area contributed by atoms with Gasteiger partial charge in [-0.15, -0.1) is 11.3 Å². The number of rotatable bonds is 8. The molecule has 0 spiro atoms. The van der Waals surface area contributed by atoms with Crippen molar-refractivity contribution < 1.29 is 23.8 Å². The quantitative estimate of drug-likeness (QED) is 0.355. The third-order valence-corrected chi connectivity index (χ3v) is 7.10. The maximum Gasteiger partial charge on any atom is 0.266 e. The monoisotopic (exact) mass is 522 g/mol. The van der Waals surface area contributed by atoms with Crippen LogP contribution in [0.25, 0.3) is 10.2 Å². The summed E-state index contributed by atoms with van der Waals surface area (Å²) in [6.45, 7) is 3.28. The maximum absolute atomic E-state index is 13.4. The van der Waals surface area contributed by atoms with Gasteiger partial charge in [0.1, 0.15) is 28.1 Å². The van der Waals surface area contributed by atoms with Crippen molar-refractivity contribution in [1.29, 1.82) is 0 Å². The van der Waals surface area contributed by atoms with Gasteiger partial charge in [0.15, 0.2) is 0 Å². The van der Waals surface area contributed by atoms with Crippen LogP contribution in [0.3, 0.4) is 0 Å². The zero-order chi connectivity index (χ0) is 26.7. The second-order valence-corrected chi connectivity index (χ2v) is 9.08. The molecule has 1 unspecified atom stereocenters. The molecule has 0 saturated heterocycles. The Bertz CT molecular complexity index is 1540. The van der Waals surface area contributed by atoms with Crippen LogP contribution in [-0.2, 0) is 4.79 Å². The predicted molar refractivity (Wildman–Crippen MR) is 142 cm³/mol. The summed E-state index contributed by atoms with van der Waals surface area (Å²) >= 11 is 1.11. The Balaban J connectivity index is 1.63. The second kappa shape index (κ2) is 10.7. The topological polar surface area (TPSA) is 121 Å². The highest BCUT2D eigenvalue weighted by Gasteiger charge is 2.24. The average Bonchev–Trinajstić information content (AvgIpc) is 3.25. The summed E-state index contributed by atoms with van der Waals surface area (Å²) < 4.78 is 17.1. The molecule has 2 heterocycles. The maximum atomic E-state index is 13.4. The van der Waals surface area contributed by atoms with Crippen LogP contribution in [0.1, 0.15) is 28.2 Å². The first-order valence-corrected chi connectivity index (χ1v) is 12.1. The first-order chi connectivity index (χ1) is 17.8. The number of aryl methyl sites for hydroxylation is 1. The lowest BCUT2D eigenvalue weighted by atomic mass is 10.2. The number of thiophene rings is 1. The summed E-state index contributed by atoms with van der Waals surface area (Å²) in [6, 6.07) is 11.2. The van der Waals surface area contributed by atoms with Crippen molar-refractivity contribution in [3.63, 3.8) is 0 Å². The molecule has 10 nitrogen and oxygen atoms in total. The molecule has 0 aliphatic rings. The number of aromatic nitrogens is 2. The Morgan fingerprint density at radius 3 is 2.38 bits per heavy atom. The molecular formula is C26H26N4O6S. The summed E-state index contributed by atoms with van der Waals surface area (Å²) in [4.78, 5) is 44.7. The largest absolute Gasteiger partial charge is 0.497 e. The Morgan fingerprint density at radius 2 is 1.68 bits per heavy atom. The van der Waals surface area contributed by atoms with Gasteiger partial charge in [0, 0.05) is 6.07 Å². The second-order valence-electron chi connectivity index (χ2n) is 8.08. The van der Waals surface area contributed by atoms with Crippen LogP contribution in [0, 0.1) is 6.92 Å². The van der Waals surface area contributed by atoms with E-state index in [-0.39, 0.29) is 11.3 Å². The minimum absolute atomic E-state index is 0.288. The molecule has 0 aliphatic heterocycles. The van der Waals surface area contributed by atoms with E-state index in [9.17, 15) is 14.4 Å². The number of fused-ring (bicyclic) bond motifs is 1. The van der Waals surface area contributed by atoms with Crippen molar-refractivity contribution in [2.45, 2.75) is 19.9 Å². The Morgan fingerprint density at radius 1 is 0.973 bits per heavy atom. The minimum atomic E-state index is -0.898. The molecule has 0 bridgehead atoms. The number of anilines is 2. The number of nitrogens with zero attached hydrogens (tertiary/aromatic N) is 2. The highest BCUT2D eigenvalue weighted by atomic mass is 32.1. The van der Waals surface area contributed by atoms with Gasteiger partial charge in [-0.1, -0.05) is 12.1 Å². The smallest absolute Gasteiger partial charge is 0.266 e. The number of hydrogen-bond donors (Lipinski definition) is 2. The highest BCUT2D eigenvalue weighted by Crippen LogP contribution is 2.31. The Labute approximate surface area is 216 Å². The number of benzene rings is 2. The highest BCUT2D eigenvalue weighted by molar-refractivity contribution is 7.20. The van der Waals surface area contributed by atoms with Gasteiger partial charge in [0.05, 0.1) is 49.3 Å². The van der Waals surface area contributed by atoms with E-state index in [4.69, 9.17) is 14.2 Å². The number of nitrogens with one attached hydrogen (secondary N) is 2. The van der Waals surface area contributed by atoms with E-state index in [1.165, 1.54) is 32.2 Å². The van der Waals surface area contributed by atoms with Crippen LogP contribution < -0.4 is 30.4 Å². The summed E-state index contributed by atoms with van der Waals surface area (Å²) in [7, 11) is 4.53. The molecule has 2 N–H and O–H groups in total. The molecule has 2 amide bonds. The van der Waals surface area contributed by atoms with Crippen LogP contribution in [0.2, 0.25) is 0 Å². The zero-order valence-electron chi connectivity index (χ0n) is 20.9. The summed E-state index contributed by atoms with van der Waals surface area (Å²) in [5.41, 5.74) is 0.981. The van der Waals surface area contributed by atoms with Gasteiger partial charge in [-0.3, -0.25) is 19.0 Å². The third-order valence-electron chi connectivity index (χ3n) is 5.90. The van der Waals surface area contributed by atoms with Crippen molar-refractivity contribution in [3.05, 3.63) is 69.6 Å².